The molecule has 0 aromatic carbocycles. The second kappa shape index (κ2) is 7.17. The Balaban J connectivity index is 2.01. The predicted octanol–water partition coefficient (Wildman–Crippen LogP) is 0.621. The summed E-state index contributed by atoms with van der Waals surface area (Å²) in [5.74, 6) is 0.651. The molecule has 1 atom stereocenters. The van der Waals surface area contributed by atoms with E-state index >= 15 is 0 Å². The lowest BCUT2D eigenvalue weighted by atomic mass is 10.0. The van der Waals surface area contributed by atoms with E-state index in [0.29, 0.717) is 5.92 Å². The molecule has 0 aliphatic carbocycles. The number of methoxy groups -OCH3 is 2. The van der Waals surface area contributed by atoms with Crippen molar-refractivity contribution in [2.45, 2.75) is 19.1 Å². The quantitative estimate of drug-likeness (QED) is 0.642. The fraction of sp³-hybridized carbons (Fsp3) is 1.00. The molecule has 0 aromatic rings. The molecule has 1 fully saturated rings. The number of rotatable bonds is 6. The molecule has 0 radical (unpaired) electrons. The van der Waals surface area contributed by atoms with E-state index in [0.717, 1.165) is 26.3 Å². The fourth-order valence-electron chi connectivity index (χ4n) is 1.64. The van der Waals surface area contributed by atoms with Crippen LogP contribution in [-0.4, -0.2) is 46.8 Å². The van der Waals surface area contributed by atoms with Gasteiger partial charge in [0.2, 0.25) is 0 Å². The van der Waals surface area contributed by atoms with Gasteiger partial charge in [-0.15, -0.1) is 0 Å². The van der Waals surface area contributed by atoms with Crippen LogP contribution in [0, 0.1) is 5.92 Å². The number of ether oxygens (including phenoxy) is 3. The SMILES string of the molecule is COC(CNCC1CCCOC1)OC. The van der Waals surface area contributed by atoms with Gasteiger partial charge in [-0.25, -0.2) is 0 Å². The van der Waals surface area contributed by atoms with Crippen molar-refractivity contribution in [2.24, 2.45) is 5.92 Å². The highest BCUT2D eigenvalue weighted by atomic mass is 16.7. The van der Waals surface area contributed by atoms with Crippen LogP contribution in [0.3, 0.4) is 0 Å². The van der Waals surface area contributed by atoms with Crippen LogP contribution >= 0.6 is 0 Å². The van der Waals surface area contributed by atoms with Crippen LogP contribution in [0.2, 0.25) is 0 Å². The molecule has 1 saturated heterocycles. The van der Waals surface area contributed by atoms with Crippen molar-refractivity contribution in [3.63, 3.8) is 0 Å². The molecule has 1 N–H and O–H groups in total. The van der Waals surface area contributed by atoms with Crippen molar-refractivity contribution >= 4 is 0 Å². The summed E-state index contributed by atoms with van der Waals surface area (Å²) in [7, 11) is 3.30. The summed E-state index contributed by atoms with van der Waals surface area (Å²) in [5.41, 5.74) is 0. The lowest BCUT2D eigenvalue weighted by molar-refractivity contribution is -0.0994. The molecule has 4 nitrogen and oxygen atoms in total. The van der Waals surface area contributed by atoms with Crippen molar-refractivity contribution in [2.75, 3.05) is 40.5 Å². The van der Waals surface area contributed by atoms with Gasteiger partial charge in [-0.05, 0) is 18.8 Å². The van der Waals surface area contributed by atoms with Gasteiger partial charge in [-0.1, -0.05) is 0 Å². The van der Waals surface area contributed by atoms with Crippen LogP contribution in [0.1, 0.15) is 12.8 Å². The summed E-state index contributed by atoms with van der Waals surface area (Å²) in [6.45, 7) is 3.54. The first-order chi connectivity index (χ1) is 6.86. The van der Waals surface area contributed by atoms with Gasteiger partial charge < -0.3 is 19.5 Å². The Morgan fingerprint density at radius 3 is 2.79 bits per heavy atom. The predicted molar refractivity (Wildman–Crippen MR) is 54.2 cm³/mol. The van der Waals surface area contributed by atoms with E-state index in [1.807, 2.05) is 0 Å². The Morgan fingerprint density at radius 2 is 2.21 bits per heavy atom. The molecule has 4 heteroatoms. The largest absolute Gasteiger partial charge is 0.381 e. The zero-order valence-electron chi connectivity index (χ0n) is 9.12. The van der Waals surface area contributed by atoms with Crippen molar-refractivity contribution in [1.29, 1.82) is 0 Å². The van der Waals surface area contributed by atoms with Gasteiger partial charge in [-0.2, -0.15) is 0 Å². The van der Waals surface area contributed by atoms with E-state index in [9.17, 15) is 0 Å². The zero-order valence-corrected chi connectivity index (χ0v) is 9.12. The van der Waals surface area contributed by atoms with E-state index < -0.39 is 0 Å². The summed E-state index contributed by atoms with van der Waals surface area (Å²) in [6.07, 6.45) is 2.31. The minimum Gasteiger partial charge on any atom is -0.381 e. The third-order valence-electron chi connectivity index (χ3n) is 2.52. The highest BCUT2D eigenvalue weighted by Crippen LogP contribution is 2.11. The van der Waals surface area contributed by atoms with Gasteiger partial charge in [-0.3, -0.25) is 0 Å². The van der Waals surface area contributed by atoms with E-state index in [4.69, 9.17) is 14.2 Å². The molecule has 0 saturated carbocycles. The Hall–Kier alpha value is -0.160. The standard InChI is InChI=1S/C10H21NO3/c1-12-10(13-2)7-11-6-9-4-3-5-14-8-9/h9-11H,3-8H2,1-2H3. The maximum absolute atomic E-state index is 5.39. The van der Waals surface area contributed by atoms with Crippen LogP contribution in [0.5, 0.6) is 0 Å². The Labute approximate surface area is 85.9 Å². The van der Waals surface area contributed by atoms with Crippen LogP contribution in [0.15, 0.2) is 0 Å². The summed E-state index contributed by atoms with van der Waals surface area (Å²) < 4.78 is 15.5. The maximum Gasteiger partial charge on any atom is 0.169 e. The third kappa shape index (κ3) is 4.37. The molecule has 84 valence electrons. The van der Waals surface area contributed by atoms with E-state index in [1.54, 1.807) is 14.2 Å². The average Bonchev–Trinajstić information content (AvgIpc) is 2.26. The third-order valence-corrected chi connectivity index (χ3v) is 2.52. The van der Waals surface area contributed by atoms with Gasteiger partial charge in [0.05, 0.1) is 6.61 Å². The van der Waals surface area contributed by atoms with Gasteiger partial charge in [0.15, 0.2) is 6.29 Å². The fourth-order valence-corrected chi connectivity index (χ4v) is 1.64. The average molecular weight is 203 g/mol. The molecule has 1 heterocycles. The maximum atomic E-state index is 5.39. The second-order valence-electron chi connectivity index (χ2n) is 3.64. The topological polar surface area (TPSA) is 39.7 Å². The summed E-state index contributed by atoms with van der Waals surface area (Å²) in [6, 6.07) is 0. The van der Waals surface area contributed by atoms with Crippen LogP contribution in [0.25, 0.3) is 0 Å². The lowest BCUT2D eigenvalue weighted by Gasteiger charge is -2.23. The van der Waals surface area contributed by atoms with Gasteiger partial charge >= 0.3 is 0 Å². The van der Waals surface area contributed by atoms with Gasteiger partial charge in [0.1, 0.15) is 0 Å². The lowest BCUT2D eigenvalue weighted by Crippen LogP contribution is -2.35. The normalized spacial score (nSPS) is 22.9. The van der Waals surface area contributed by atoms with Crippen LogP contribution in [-0.2, 0) is 14.2 Å². The van der Waals surface area contributed by atoms with E-state index in [-0.39, 0.29) is 6.29 Å². The molecule has 0 bridgehead atoms. The molecule has 1 unspecified atom stereocenters. The van der Waals surface area contributed by atoms with Crippen molar-refractivity contribution in [3.8, 4) is 0 Å². The van der Waals surface area contributed by atoms with Gasteiger partial charge in [0.25, 0.3) is 0 Å². The number of hydrogen-bond donors (Lipinski definition) is 1. The van der Waals surface area contributed by atoms with Crippen LogP contribution in [0.4, 0.5) is 0 Å². The zero-order chi connectivity index (χ0) is 10.2. The van der Waals surface area contributed by atoms with Gasteiger partial charge in [0, 0.05) is 33.9 Å². The summed E-state index contributed by atoms with van der Waals surface area (Å²) >= 11 is 0. The molecule has 1 aliphatic rings. The molecule has 1 aliphatic heterocycles. The number of hydrogen-bond acceptors (Lipinski definition) is 4. The molecule has 1 rings (SSSR count). The molecular weight excluding hydrogens is 182 g/mol. The van der Waals surface area contributed by atoms with E-state index in [2.05, 4.69) is 5.32 Å². The monoisotopic (exact) mass is 203 g/mol. The van der Waals surface area contributed by atoms with Crippen molar-refractivity contribution < 1.29 is 14.2 Å². The molecular formula is C10H21NO3. The van der Waals surface area contributed by atoms with Crippen LogP contribution < -0.4 is 5.32 Å². The molecule has 0 spiro atoms. The molecule has 0 amide bonds. The summed E-state index contributed by atoms with van der Waals surface area (Å²) in [5, 5.41) is 3.33. The highest BCUT2D eigenvalue weighted by molar-refractivity contribution is 4.66. The highest BCUT2D eigenvalue weighted by Gasteiger charge is 2.13. The first-order valence-corrected chi connectivity index (χ1v) is 5.21. The summed E-state index contributed by atoms with van der Waals surface area (Å²) in [4.78, 5) is 0. The Morgan fingerprint density at radius 1 is 1.43 bits per heavy atom. The second-order valence-corrected chi connectivity index (χ2v) is 3.64. The Bertz CT molecular complexity index is 133. The minimum atomic E-state index is -0.139. The van der Waals surface area contributed by atoms with Crippen molar-refractivity contribution in [3.05, 3.63) is 0 Å². The van der Waals surface area contributed by atoms with E-state index in [1.165, 1.54) is 12.8 Å². The Kier molecular flexibility index (Phi) is 6.10. The smallest absolute Gasteiger partial charge is 0.169 e. The number of nitrogens with one attached hydrogen (secondary N) is 1. The first-order valence-electron chi connectivity index (χ1n) is 5.21. The molecule has 14 heavy (non-hydrogen) atoms. The first kappa shape index (κ1) is 11.9. The van der Waals surface area contributed by atoms with Crippen molar-refractivity contribution in [1.82, 2.24) is 5.32 Å². The minimum absolute atomic E-state index is 0.139. The molecule has 0 aromatic heterocycles.